The Morgan fingerprint density at radius 1 is 0.850 bits per heavy atom. The summed E-state index contributed by atoms with van der Waals surface area (Å²) in [4.78, 5) is 28.4. The molecular weight excluding hydrogens is 523 g/mol. The fourth-order valence-corrected chi connectivity index (χ4v) is 6.21. The number of fused-ring (bicyclic) bond motifs is 5. The summed E-state index contributed by atoms with van der Waals surface area (Å²) < 4.78 is 53.6. The van der Waals surface area contributed by atoms with E-state index in [0.29, 0.717) is 31.6 Å². The molecule has 3 aliphatic rings. The second-order valence-corrected chi connectivity index (χ2v) is 10.5. The van der Waals surface area contributed by atoms with Gasteiger partial charge in [-0.15, -0.1) is 0 Å². The molecule has 6 nitrogen and oxygen atoms in total. The number of morpholine rings is 1. The summed E-state index contributed by atoms with van der Waals surface area (Å²) in [5.41, 5.74) is 4.99. The Hall–Kier alpha value is -3.85. The Morgan fingerprint density at radius 2 is 1.43 bits per heavy atom. The first-order chi connectivity index (χ1) is 19.3. The molecule has 9 heteroatoms. The molecule has 1 amide bonds. The normalized spacial score (nSPS) is 21.9. The van der Waals surface area contributed by atoms with Gasteiger partial charge in [0.2, 0.25) is 0 Å². The molecule has 3 aromatic rings. The van der Waals surface area contributed by atoms with E-state index in [1.807, 2.05) is 24.3 Å². The largest absolute Gasteiger partial charge is 0.484 e. The molecule has 0 spiro atoms. The molecule has 0 radical (unpaired) electrons. The maximum atomic E-state index is 13.4. The number of nitrogens with zero attached hydrogens (tertiary/aromatic N) is 1. The molecule has 1 aliphatic carbocycles. The van der Waals surface area contributed by atoms with Crippen molar-refractivity contribution in [1.29, 1.82) is 0 Å². The van der Waals surface area contributed by atoms with Gasteiger partial charge < -0.3 is 14.2 Å². The van der Waals surface area contributed by atoms with Crippen LogP contribution in [0.5, 0.6) is 5.75 Å². The van der Waals surface area contributed by atoms with Crippen molar-refractivity contribution < 1.29 is 37.0 Å². The van der Waals surface area contributed by atoms with E-state index in [9.17, 15) is 22.8 Å². The fourth-order valence-electron chi connectivity index (χ4n) is 6.21. The molecule has 2 unspecified atom stereocenters. The van der Waals surface area contributed by atoms with Gasteiger partial charge in [-0.3, -0.25) is 9.69 Å². The van der Waals surface area contributed by atoms with Crippen molar-refractivity contribution in [3.63, 3.8) is 0 Å². The molecule has 0 N–H and O–H groups in total. The molecule has 0 saturated carbocycles. The first-order valence-corrected chi connectivity index (χ1v) is 13.3. The van der Waals surface area contributed by atoms with Gasteiger partial charge in [0.05, 0.1) is 25.3 Å². The first kappa shape index (κ1) is 26.4. The van der Waals surface area contributed by atoms with E-state index in [2.05, 4.69) is 24.3 Å². The zero-order chi connectivity index (χ0) is 27.9. The Bertz CT molecular complexity index is 1350. The third-order valence-electron chi connectivity index (χ3n) is 7.98. The number of carbonyl (C=O) groups excluding carboxylic acids is 2. The van der Waals surface area contributed by atoms with Gasteiger partial charge in [-0.05, 0) is 59.4 Å². The van der Waals surface area contributed by atoms with E-state index in [0.717, 1.165) is 22.3 Å². The SMILES string of the molecule is O=C(c1ccc(OCC(F)(F)F)cc1)C1CC2COCC(C1)N2C(=O)OCC1c2ccccc2-c2ccccc21. The van der Waals surface area contributed by atoms with Crippen LogP contribution in [0.3, 0.4) is 0 Å². The highest BCUT2D eigenvalue weighted by Gasteiger charge is 2.45. The highest BCUT2D eigenvalue weighted by Crippen LogP contribution is 2.45. The molecule has 2 saturated heterocycles. The molecule has 2 fully saturated rings. The number of ketones is 1. The van der Waals surface area contributed by atoms with Crippen LogP contribution in [0, 0.1) is 5.92 Å². The summed E-state index contributed by atoms with van der Waals surface area (Å²) in [5.74, 6) is -0.441. The minimum atomic E-state index is -4.43. The number of Topliss-reactive ketones (excluding diaryl/α,β-unsaturated/α-hetero) is 1. The first-order valence-electron chi connectivity index (χ1n) is 13.3. The van der Waals surface area contributed by atoms with Crippen molar-refractivity contribution in [2.45, 2.75) is 37.0 Å². The van der Waals surface area contributed by atoms with Crippen LogP contribution in [-0.2, 0) is 9.47 Å². The lowest BCUT2D eigenvalue weighted by atomic mass is 9.81. The molecule has 208 valence electrons. The molecule has 6 rings (SSSR count). The van der Waals surface area contributed by atoms with E-state index in [4.69, 9.17) is 14.2 Å². The number of hydrogen-bond acceptors (Lipinski definition) is 5. The van der Waals surface area contributed by atoms with Crippen LogP contribution in [0.15, 0.2) is 72.8 Å². The van der Waals surface area contributed by atoms with Crippen molar-refractivity contribution in [3.05, 3.63) is 89.5 Å². The van der Waals surface area contributed by atoms with Gasteiger partial charge in [0, 0.05) is 17.4 Å². The smallest absolute Gasteiger partial charge is 0.422 e. The van der Waals surface area contributed by atoms with Gasteiger partial charge in [-0.25, -0.2) is 4.79 Å². The van der Waals surface area contributed by atoms with Gasteiger partial charge >= 0.3 is 12.3 Å². The summed E-state index contributed by atoms with van der Waals surface area (Å²) in [6.07, 6.45) is -4.00. The number of amides is 1. The van der Waals surface area contributed by atoms with Crippen molar-refractivity contribution in [2.24, 2.45) is 5.92 Å². The molecule has 2 bridgehead atoms. The lowest BCUT2D eigenvalue weighted by Crippen LogP contribution is -2.60. The standard InChI is InChI=1S/C31H28F3NO5/c32-31(33,34)18-40-23-11-9-19(10-12-23)29(36)20-13-21-15-38-16-22(14-20)35(21)30(37)39-17-28-26-7-3-1-5-24(26)25-6-2-4-8-27(25)28/h1-12,20-22,28H,13-18H2. The topological polar surface area (TPSA) is 65.1 Å². The average Bonchev–Trinajstić information content (AvgIpc) is 3.27. The Labute approximate surface area is 229 Å². The van der Waals surface area contributed by atoms with Crippen molar-refractivity contribution in [3.8, 4) is 16.9 Å². The van der Waals surface area contributed by atoms with E-state index in [1.165, 1.54) is 24.3 Å². The minimum absolute atomic E-state index is 0.0456. The monoisotopic (exact) mass is 551 g/mol. The highest BCUT2D eigenvalue weighted by atomic mass is 19.4. The number of benzene rings is 3. The predicted octanol–water partition coefficient (Wildman–Crippen LogP) is 6.24. The van der Waals surface area contributed by atoms with Gasteiger partial charge in [-0.1, -0.05) is 48.5 Å². The summed E-state index contributed by atoms with van der Waals surface area (Å²) in [6.45, 7) is -0.545. The third kappa shape index (κ3) is 5.18. The molecule has 3 aromatic carbocycles. The number of halogens is 3. The minimum Gasteiger partial charge on any atom is -0.484 e. The lowest BCUT2D eigenvalue weighted by Gasteiger charge is -2.47. The number of alkyl halides is 3. The van der Waals surface area contributed by atoms with Crippen LogP contribution in [0.1, 0.15) is 40.2 Å². The Kier molecular flexibility index (Phi) is 7.00. The van der Waals surface area contributed by atoms with E-state index in [1.54, 1.807) is 4.90 Å². The number of rotatable bonds is 6. The molecule has 2 atom stereocenters. The Morgan fingerprint density at radius 3 is 2.00 bits per heavy atom. The average molecular weight is 552 g/mol. The number of hydrogen-bond donors (Lipinski definition) is 0. The number of carbonyl (C=O) groups is 2. The van der Waals surface area contributed by atoms with Crippen LogP contribution >= 0.6 is 0 Å². The van der Waals surface area contributed by atoms with Crippen LogP contribution in [0.2, 0.25) is 0 Å². The van der Waals surface area contributed by atoms with Crippen molar-refractivity contribution >= 4 is 11.9 Å². The van der Waals surface area contributed by atoms with Gasteiger partial charge in [0.15, 0.2) is 12.4 Å². The molecule has 2 aliphatic heterocycles. The maximum absolute atomic E-state index is 13.4. The van der Waals surface area contributed by atoms with Gasteiger partial charge in [0.25, 0.3) is 0 Å². The van der Waals surface area contributed by atoms with Gasteiger partial charge in [-0.2, -0.15) is 13.2 Å². The summed E-state index contributed by atoms with van der Waals surface area (Å²) in [7, 11) is 0. The molecule has 40 heavy (non-hydrogen) atoms. The second-order valence-electron chi connectivity index (χ2n) is 10.5. The second kappa shape index (κ2) is 10.6. The van der Waals surface area contributed by atoms with Crippen LogP contribution in [-0.4, -0.2) is 61.5 Å². The summed E-state index contributed by atoms with van der Waals surface area (Å²) in [5, 5.41) is 0. The summed E-state index contributed by atoms with van der Waals surface area (Å²) >= 11 is 0. The zero-order valence-electron chi connectivity index (χ0n) is 21.6. The predicted molar refractivity (Wildman–Crippen MR) is 140 cm³/mol. The van der Waals surface area contributed by atoms with Crippen LogP contribution in [0.25, 0.3) is 11.1 Å². The molecular formula is C31H28F3NO5. The maximum Gasteiger partial charge on any atom is 0.422 e. The Balaban J connectivity index is 1.10. The number of ether oxygens (including phenoxy) is 3. The third-order valence-corrected chi connectivity index (χ3v) is 7.98. The quantitative estimate of drug-likeness (QED) is 0.340. The van der Waals surface area contributed by atoms with E-state index >= 15 is 0 Å². The molecule has 0 aromatic heterocycles. The highest BCUT2D eigenvalue weighted by molar-refractivity contribution is 5.98. The summed E-state index contributed by atoms with van der Waals surface area (Å²) in [6, 6.07) is 21.4. The van der Waals surface area contributed by atoms with Crippen molar-refractivity contribution in [1.82, 2.24) is 4.90 Å². The van der Waals surface area contributed by atoms with E-state index in [-0.39, 0.29) is 42.1 Å². The fraction of sp³-hybridized carbons (Fsp3) is 0.355. The van der Waals surface area contributed by atoms with Crippen molar-refractivity contribution in [2.75, 3.05) is 26.4 Å². The molecule has 2 heterocycles. The van der Waals surface area contributed by atoms with Crippen LogP contribution in [0.4, 0.5) is 18.0 Å². The van der Waals surface area contributed by atoms with Gasteiger partial charge in [0.1, 0.15) is 12.4 Å². The number of piperidine rings is 1. The van der Waals surface area contributed by atoms with Crippen LogP contribution < -0.4 is 4.74 Å². The lowest BCUT2D eigenvalue weighted by molar-refractivity contribution is -0.153. The zero-order valence-corrected chi connectivity index (χ0v) is 21.6. The van der Waals surface area contributed by atoms with E-state index < -0.39 is 18.9 Å².